The first-order valence-corrected chi connectivity index (χ1v) is 10.3. The summed E-state index contributed by atoms with van der Waals surface area (Å²) in [6, 6.07) is -1.96. The number of hydrogen-bond acceptors (Lipinski definition) is 8. The molecule has 4 atom stereocenters. The predicted molar refractivity (Wildman–Crippen MR) is 91.2 cm³/mol. The fourth-order valence-corrected chi connectivity index (χ4v) is 4.22. The van der Waals surface area contributed by atoms with Gasteiger partial charge in [-0.15, -0.1) is 4.28 Å². The Morgan fingerprint density at radius 2 is 2.19 bits per heavy atom. The minimum Gasteiger partial charge on any atom is -0.311 e. The van der Waals surface area contributed by atoms with Crippen molar-refractivity contribution in [2.45, 2.75) is 37.4 Å². The first kappa shape index (κ1) is 19.6. The number of thiol groups is 1. The molecule has 148 valence electrons. The van der Waals surface area contributed by atoms with E-state index in [-0.39, 0.29) is 12.6 Å². The number of rotatable bonds is 7. The lowest BCUT2D eigenvalue weighted by atomic mass is 10.0. The van der Waals surface area contributed by atoms with Crippen LogP contribution in [0.4, 0.5) is 4.79 Å². The molecule has 3 rings (SSSR count). The topological polar surface area (TPSA) is 138 Å². The second kappa shape index (κ2) is 7.86. The van der Waals surface area contributed by atoms with Crippen molar-refractivity contribution in [2.24, 2.45) is 5.92 Å². The Kier molecular flexibility index (Phi) is 5.94. The summed E-state index contributed by atoms with van der Waals surface area (Å²) in [5, 5.41) is 3.88. The highest BCUT2D eigenvalue weighted by molar-refractivity contribution is 7.80. The average molecular weight is 410 g/mol. The Balaban J connectivity index is 1.49. The van der Waals surface area contributed by atoms with E-state index in [4.69, 9.17) is 9.39 Å². The number of piperidine rings is 1. The zero-order valence-corrected chi connectivity index (χ0v) is 15.6. The van der Waals surface area contributed by atoms with Crippen LogP contribution in [0.2, 0.25) is 0 Å². The molecule has 13 heteroatoms. The van der Waals surface area contributed by atoms with E-state index in [0.29, 0.717) is 30.4 Å². The normalized spacial score (nSPS) is 31.5. The van der Waals surface area contributed by atoms with E-state index in [1.165, 1.54) is 4.90 Å². The van der Waals surface area contributed by atoms with Gasteiger partial charge < -0.3 is 10.2 Å². The molecule has 0 unspecified atom stereocenters. The van der Waals surface area contributed by atoms with Crippen LogP contribution in [0.15, 0.2) is 0 Å². The van der Waals surface area contributed by atoms with Gasteiger partial charge in [-0.05, 0) is 37.5 Å². The molecule has 2 bridgehead atoms. The molecule has 3 fully saturated rings. The lowest BCUT2D eigenvalue weighted by Gasteiger charge is -2.29. The average Bonchev–Trinajstić information content (AvgIpc) is 3.13. The number of carbonyl (C=O) groups excluding carboxylic acids is 2. The van der Waals surface area contributed by atoms with Gasteiger partial charge in [0.05, 0.1) is 12.6 Å². The van der Waals surface area contributed by atoms with E-state index in [0.717, 1.165) is 18.7 Å². The fraction of sp³-hybridized carbons (Fsp3) is 0.846. The number of nitrogens with one attached hydrogen (secondary N) is 2. The molecule has 3 aliphatic rings. The number of nitrogens with zero attached hydrogens (tertiary/aromatic N) is 2. The molecular weight excluding hydrogens is 388 g/mol. The maximum Gasteiger partial charge on any atom is 0.418 e. The minimum atomic E-state index is -4.81. The Bertz CT molecular complexity index is 661. The molecule has 26 heavy (non-hydrogen) atoms. The lowest BCUT2D eigenvalue weighted by Crippen LogP contribution is -2.50. The van der Waals surface area contributed by atoms with Crippen molar-refractivity contribution >= 4 is 35.0 Å². The van der Waals surface area contributed by atoms with Crippen LogP contribution in [-0.4, -0.2) is 78.4 Å². The Morgan fingerprint density at radius 1 is 1.42 bits per heavy atom. The summed E-state index contributed by atoms with van der Waals surface area (Å²) in [5.74, 6) is 0.793. The van der Waals surface area contributed by atoms with Gasteiger partial charge in [-0.2, -0.15) is 26.1 Å². The first-order valence-electron chi connectivity index (χ1n) is 8.31. The van der Waals surface area contributed by atoms with E-state index < -0.39 is 34.4 Å². The fourth-order valence-electron chi connectivity index (χ4n) is 3.55. The number of carbonyl (C=O) groups is 2. The molecule has 3 aliphatic heterocycles. The van der Waals surface area contributed by atoms with Crippen LogP contribution in [0.1, 0.15) is 19.3 Å². The van der Waals surface area contributed by atoms with Crippen molar-refractivity contribution < 1.29 is 31.7 Å². The third-order valence-electron chi connectivity index (χ3n) is 4.83. The van der Waals surface area contributed by atoms with Crippen LogP contribution >= 0.6 is 12.6 Å². The Hall–Kier alpha value is -1.12. The van der Waals surface area contributed by atoms with E-state index in [9.17, 15) is 18.0 Å². The van der Waals surface area contributed by atoms with Crippen molar-refractivity contribution in [2.75, 3.05) is 25.4 Å². The molecule has 0 spiro atoms. The number of urea groups is 1. The maximum atomic E-state index is 12.3. The zero-order valence-electron chi connectivity index (χ0n) is 13.9. The summed E-state index contributed by atoms with van der Waals surface area (Å²) in [6.45, 7) is 1.30. The zero-order chi connectivity index (χ0) is 18.9. The Labute approximate surface area is 156 Å². The molecular formula is C13H22N4O7S2. The molecule has 3 saturated heterocycles. The third-order valence-corrected chi connectivity index (χ3v) is 5.69. The van der Waals surface area contributed by atoms with E-state index in [1.54, 1.807) is 0 Å². The summed E-state index contributed by atoms with van der Waals surface area (Å²) in [5.41, 5.74) is 2.36. The van der Waals surface area contributed by atoms with Gasteiger partial charge in [0, 0.05) is 12.6 Å². The van der Waals surface area contributed by atoms with E-state index >= 15 is 0 Å². The van der Waals surface area contributed by atoms with Gasteiger partial charge >= 0.3 is 16.4 Å². The quantitative estimate of drug-likeness (QED) is 0.237. The van der Waals surface area contributed by atoms with Crippen LogP contribution < -0.4 is 10.8 Å². The first-order chi connectivity index (χ1) is 12.3. The molecule has 0 aromatic carbocycles. The highest BCUT2D eigenvalue weighted by Crippen LogP contribution is 2.30. The molecule has 3 heterocycles. The van der Waals surface area contributed by atoms with Crippen LogP contribution in [0.5, 0.6) is 0 Å². The smallest absolute Gasteiger partial charge is 0.311 e. The minimum absolute atomic E-state index is 0.134. The molecule has 3 N–H and O–H groups in total. The SMILES string of the molecule is O=C(NOC[C@@H]1C[C@H](CS)CN1)[C@@H]1CC[C@@H]2CN1C(=O)N2OS(=O)(=O)O. The highest BCUT2D eigenvalue weighted by atomic mass is 32.3. The highest BCUT2D eigenvalue weighted by Gasteiger charge is 2.49. The van der Waals surface area contributed by atoms with Gasteiger partial charge in [0.15, 0.2) is 0 Å². The standard InChI is InChI=1S/C13H22N4O7S2/c18-12(15-23-6-9-3-8(7-25)4-14-9)11-2-1-10-5-16(11)13(19)17(10)24-26(20,21)22/h8-11,14,25H,1-7H2,(H,15,18)(H,20,21,22)/t8-,9-,10+,11-/m0/s1. The second-order valence-electron chi connectivity index (χ2n) is 6.68. The van der Waals surface area contributed by atoms with Crippen LogP contribution in [-0.2, 0) is 24.3 Å². The van der Waals surface area contributed by atoms with E-state index in [2.05, 4.69) is 27.7 Å². The van der Waals surface area contributed by atoms with Gasteiger partial charge in [-0.3, -0.25) is 14.2 Å². The maximum absolute atomic E-state index is 12.3. The van der Waals surface area contributed by atoms with E-state index in [1.807, 2.05) is 0 Å². The molecule has 0 saturated carbocycles. The van der Waals surface area contributed by atoms with Gasteiger partial charge in [0.25, 0.3) is 5.91 Å². The van der Waals surface area contributed by atoms with Crippen molar-refractivity contribution in [3.05, 3.63) is 0 Å². The monoisotopic (exact) mass is 410 g/mol. The van der Waals surface area contributed by atoms with Crippen LogP contribution in [0.25, 0.3) is 0 Å². The van der Waals surface area contributed by atoms with Crippen molar-refractivity contribution in [3.63, 3.8) is 0 Å². The number of hydrogen-bond donors (Lipinski definition) is 4. The number of amides is 3. The largest absolute Gasteiger partial charge is 0.418 e. The molecule has 0 aromatic heterocycles. The van der Waals surface area contributed by atoms with Crippen molar-refractivity contribution in [1.82, 2.24) is 20.8 Å². The molecule has 11 nitrogen and oxygen atoms in total. The summed E-state index contributed by atoms with van der Waals surface area (Å²) >= 11 is 4.26. The predicted octanol–water partition coefficient (Wildman–Crippen LogP) is -1.05. The van der Waals surface area contributed by atoms with Crippen LogP contribution in [0, 0.1) is 5.92 Å². The summed E-state index contributed by atoms with van der Waals surface area (Å²) < 4.78 is 34.8. The van der Waals surface area contributed by atoms with Gasteiger partial charge in [-0.1, -0.05) is 0 Å². The second-order valence-corrected chi connectivity index (χ2v) is 8.05. The van der Waals surface area contributed by atoms with Gasteiger partial charge in [-0.25, -0.2) is 10.3 Å². The molecule has 0 aromatic rings. The molecule has 0 radical (unpaired) electrons. The van der Waals surface area contributed by atoms with Crippen LogP contribution in [0.3, 0.4) is 0 Å². The van der Waals surface area contributed by atoms with Crippen molar-refractivity contribution in [1.29, 1.82) is 0 Å². The summed E-state index contributed by atoms with van der Waals surface area (Å²) in [7, 11) is -4.81. The third kappa shape index (κ3) is 4.40. The summed E-state index contributed by atoms with van der Waals surface area (Å²) in [6.07, 6.45) is 1.61. The van der Waals surface area contributed by atoms with Gasteiger partial charge in [0.2, 0.25) is 0 Å². The van der Waals surface area contributed by atoms with Gasteiger partial charge in [0.1, 0.15) is 6.04 Å². The summed E-state index contributed by atoms with van der Waals surface area (Å²) in [4.78, 5) is 31.1. The van der Waals surface area contributed by atoms with Crippen molar-refractivity contribution in [3.8, 4) is 0 Å². The molecule has 3 amide bonds. The number of fused-ring (bicyclic) bond motifs is 2. The molecule has 0 aliphatic carbocycles. The Morgan fingerprint density at radius 3 is 2.85 bits per heavy atom. The number of hydroxylamine groups is 3. The lowest BCUT2D eigenvalue weighted by molar-refractivity contribution is -0.139.